The predicted octanol–water partition coefficient (Wildman–Crippen LogP) is 2.28. The number of methoxy groups -OCH3 is 1. The van der Waals surface area contributed by atoms with Gasteiger partial charge in [-0.25, -0.2) is 9.98 Å². The van der Waals surface area contributed by atoms with E-state index in [1.165, 1.54) is 25.9 Å². The molecule has 1 aromatic heterocycles. The standard InChI is InChI=1S/C21H37N5O2/c1-4-22-21(24-11-6-12-26-13-8-18(2)9-14-26)25-17-19-7-5-10-23-20(19)28-16-15-27-3/h5,7,10,18H,4,6,8-9,11-17H2,1-3H3,(H2,22,24,25). The number of aliphatic imine (C=N–C) groups is 1. The van der Waals surface area contributed by atoms with E-state index in [0.29, 0.717) is 25.6 Å². The van der Waals surface area contributed by atoms with E-state index >= 15 is 0 Å². The second kappa shape index (κ2) is 13.3. The molecule has 1 aromatic rings. The lowest BCUT2D eigenvalue weighted by Crippen LogP contribution is -2.39. The summed E-state index contributed by atoms with van der Waals surface area (Å²) in [5.41, 5.74) is 0.971. The van der Waals surface area contributed by atoms with E-state index in [4.69, 9.17) is 14.5 Å². The number of nitrogens with one attached hydrogen (secondary N) is 2. The average molecular weight is 392 g/mol. The fraction of sp³-hybridized carbons (Fsp3) is 0.714. The molecule has 1 saturated heterocycles. The Kier molecular flexibility index (Phi) is 10.7. The van der Waals surface area contributed by atoms with Crippen LogP contribution < -0.4 is 15.4 Å². The minimum atomic E-state index is 0.484. The number of hydrogen-bond acceptors (Lipinski definition) is 5. The minimum absolute atomic E-state index is 0.484. The molecule has 0 bridgehead atoms. The molecule has 0 spiro atoms. The van der Waals surface area contributed by atoms with Gasteiger partial charge in [-0.1, -0.05) is 13.0 Å². The van der Waals surface area contributed by atoms with Crippen molar-refractivity contribution in [2.24, 2.45) is 10.9 Å². The number of piperidine rings is 1. The first-order valence-electron chi connectivity index (χ1n) is 10.5. The van der Waals surface area contributed by atoms with Crippen LogP contribution >= 0.6 is 0 Å². The molecule has 1 aliphatic rings. The number of aromatic nitrogens is 1. The van der Waals surface area contributed by atoms with E-state index in [1.54, 1.807) is 13.3 Å². The molecule has 0 aliphatic carbocycles. The molecule has 0 aromatic carbocycles. The Balaban J connectivity index is 1.78. The molecular formula is C21H37N5O2. The summed E-state index contributed by atoms with van der Waals surface area (Å²) in [6.07, 6.45) is 5.52. The van der Waals surface area contributed by atoms with Crippen molar-refractivity contribution in [3.8, 4) is 5.88 Å². The van der Waals surface area contributed by atoms with Gasteiger partial charge in [0.1, 0.15) is 6.61 Å². The van der Waals surface area contributed by atoms with Crippen LogP contribution in [0, 0.1) is 5.92 Å². The number of nitrogens with zero attached hydrogens (tertiary/aromatic N) is 3. The summed E-state index contributed by atoms with van der Waals surface area (Å²) in [6.45, 7) is 11.4. The summed E-state index contributed by atoms with van der Waals surface area (Å²) in [5.74, 6) is 2.35. The van der Waals surface area contributed by atoms with Crippen molar-refractivity contribution < 1.29 is 9.47 Å². The Hall–Kier alpha value is -1.86. The first kappa shape index (κ1) is 22.4. The van der Waals surface area contributed by atoms with Gasteiger partial charge in [-0.15, -0.1) is 0 Å². The van der Waals surface area contributed by atoms with E-state index in [1.807, 2.05) is 12.1 Å². The van der Waals surface area contributed by atoms with E-state index in [-0.39, 0.29) is 0 Å². The van der Waals surface area contributed by atoms with Gasteiger partial charge in [0.15, 0.2) is 5.96 Å². The summed E-state index contributed by atoms with van der Waals surface area (Å²) in [4.78, 5) is 11.6. The van der Waals surface area contributed by atoms with Crippen LogP contribution in [-0.4, -0.2) is 68.9 Å². The van der Waals surface area contributed by atoms with E-state index in [2.05, 4.69) is 34.4 Å². The Labute approximate surface area is 169 Å². The second-order valence-electron chi connectivity index (χ2n) is 7.31. The quantitative estimate of drug-likeness (QED) is 0.343. The molecule has 1 fully saturated rings. The zero-order chi connectivity index (χ0) is 20.0. The molecule has 0 amide bonds. The van der Waals surface area contributed by atoms with Crippen LogP contribution in [0.4, 0.5) is 0 Å². The van der Waals surface area contributed by atoms with Gasteiger partial charge in [-0.05, 0) is 57.8 Å². The first-order valence-corrected chi connectivity index (χ1v) is 10.5. The van der Waals surface area contributed by atoms with Gasteiger partial charge in [-0.3, -0.25) is 0 Å². The molecule has 0 saturated carbocycles. The fourth-order valence-electron chi connectivity index (χ4n) is 3.20. The third-order valence-corrected chi connectivity index (χ3v) is 4.95. The van der Waals surface area contributed by atoms with Gasteiger partial charge in [0.25, 0.3) is 0 Å². The summed E-state index contributed by atoms with van der Waals surface area (Å²) in [6, 6.07) is 3.91. The lowest BCUT2D eigenvalue weighted by atomic mass is 9.99. The van der Waals surface area contributed by atoms with Crippen molar-refractivity contribution in [2.45, 2.75) is 39.7 Å². The van der Waals surface area contributed by atoms with Crippen molar-refractivity contribution in [1.82, 2.24) is 20.5 Å². The maximum Gasteiger partial charge on any atom is 0.218 e. The second-order valence-corrected chi connectivity index (χ2v) is 7.31. The minimum Gasteiger partial charge on any atom is -0.475 e. The van der Waals surface area contributed by atoms with Gasteiger partial charge < -0.3 is 25.0 Å². The predicted molar refractivity (Wildman–Crippen MR) is 114 cm³/mol. The van der Waals surface area contributed by atoms with Gasteiger partial charge >= 0.3 is 0 Å². The summed E-state index contributed by atoms with van der Waals surface area (Å²) in [7, 11) is 1.66. The lowest BCUT2D eigenvalue weighted by Gasteiger charge is -2.30. The molecule has 2 N–H and O–H groups in total. The van der Waals surface area contributed by atoms with Crippen LogP contribution in [0.2, 0.25) is 0 Å². The smallest absolute Gasteiger partial charge is 0.218 e. The number of pyridine rings is 1. The molecule has 28 heavy (non-hydrogen) atoms. The van der Waals surface area contributed by atoms with Crippen LogP contribution in [0.5, 0.6) is 5.88 Å². The van der Waals surface area contributed by atoms with E-state index in [0.717, 1.165) is 43.5 Å². The Morgan fingerprint density at radius 1 is 1.29 bits per heavy atom. The van der Waals surface area contributed by atoms with E-state index < -0.39 is 0 Å². The lowest BCUT2D eigenvalue weighted by molar-refractivity contribution is 0.143. The number of ether oxygens (including phenoxy) is 2. The molecule has 158 valence electrons. The maximum absolute atomic E-state index is 5.69. The maximum atomic E-state index is 5.69. The van der Waals surface area contributed by atoms with Gasteiger partial charge in [0.2, 0.25) is 5.88 Å². The molecule has 2 rings (SSSR count). The monoisotopic (exact) mass is 391 g/mol. The third-order valence-electron chi connectivity index (χ3n) is 4.95. The number of likely N-dealkylation sites (tertiary alicyclic amines) is 1. The van der Waals surface area contributed by atoms with Crippen molar-refractivity contribution in [3.63, 3.8) is 0 Å². The molecule has 0 unspecified atom stereocenters. The fourth-order valence-corrected chi connectivity index (χ4v) is 3.20. The highest BCUT2D eigenvalue weighted by Gasteiger charge is 2.14. The Bertz CT molecular complexity index is 574. The molecule has 2 heterocycles. The summed E-state index contributed by atoms with van der Waals surface area (Å²) >= 11 is 0. The third kappa shape index (κ3) is 8.44. The van der Waals surface area contributed by atoms with Crippen LogP contribution in [0.3, 0.4) is 0 Å². The molecule has 7 heteroatoms. The van der Waals surface area contributed by atoms with Crippen molar-refractivity contribution in [3.05, 3.63) is 23.9 Å². The number of guanidine groups is 1. The summed E-state index contributed by atoms with van der Waals surface area (Å²) < 4.78 is 10.7. The first-order chi connectivity index (χ1) is 13.7. The van der Waals surface area contributed by atoms with Crippen molar-refractivity contribution in [1.29, 1.82) is 0 Å². The Morgan fingerprint density at radius 2 is 2.11 bits per heavy atom. The molecule has 0 radical (unpaired) electrons. The highest BCUT2D eigenvalue weighted by molar-refractivity contribution is 5.79. The number of hydrogen-bond donors (Lipinski definition) is 2. The molecule has 7 nitrogen and oxygen atoms in total. The zero-order valence-electron chi connectivity index (χ0n) is 17.7. The largest absolute Gasteiger partial charge is 0.475 e. The van der Waals surface area contributed by atoms with E-state index in [9.17, 15) is 0 Å². The van der Waals surface area contributed by atoms with Crippen molar-refractivity contribution in [2.75, 3.05) is 53.0 Å². The van der Waals surface area contributed by atoms with Crippen molar-refractivity contribution >= 4 is 5.96 Å². The van der Waals surface area contributed by atoms with Crippen LogP contribution in [-0.2, 0) is 11.3 Å². The highest BCUT2D eigenvalue weighted by Crippen LogP contribution is 2.16. The van der Waals surface area contributed by atoms with Crippen LogP contribution in [0.1, 0.15) is 38.7 Å². The highest BCUT2D eigenvalue weighted by atomic mass is 16.5. The average Bonchev–Trinajstić information content (AvgIpc) is 2.71. The molecule has 0 atom stereocenters. The van der Waals surface area contributed by atoms with Gasteiger partial charge in [0, 0.05) is 32.0 Å². The number of rotatable bonds is 11. The van der Waals surface area contributed by atoms with Gasteiger partial charge in [0.05, 0.1) is 13.2 Å². The normalized spacial score (nSPS) is 16.2. The van der Waals surface area contributed by atoms with Gasteiger partial charge in [-0.2, -0.15) is 0 Å². The SMILES string of the molecule is CCNC(=NCc1cccnc1OCCOC)NCCCN1CCC(C)CC1. The van der Waals surface area contributed by atoms with Crippen LogP contribution in [0.15, 0.2) is 23.3 Å². The molecular weight excluding hydrogens is 354 g/mol. The molecule has 1 aliphatic heterocycles. The Morgan fingerprint density at radius 3 is 2.86 bits per heavy atom. The zero-order valence-corrected chi connectivity index (χ0v) is 17.7. The summed E-state index contributed by atoms with van der Waals surface area (Å²) in [5, 5.41) is 6.75. The topological polar surface area (TPSA) is 71.0 Å². The van der Waals surface area contributed by atoms with Crippen LogP contribution in [0.25, 0.3) is 0 Å².